The zero-order valence-corrected chi connectivity index (χ0v) is 43.3. The molecule has 28 heteroatoms. The second-order valence-electron chi connectivity index (χ2n) is 17.7. The number of carbonyl (C=O) groups is 8. The van der Waals surface area contributed by atoms with Crippen molar-refractivity contribution in [1.29, 1.82) is 0 Å². The molecule has 0 spiro atoms. The molecule has 0 aromatic heterocycles. The Morgan fingerprint density at radius 3 is 1.91 bits per heavy atom. The van der Waals surface area contributed by atoms with Crippen molar-refractivity contribution in [3.8, 4) is 5.75 Å². The SMILES string of the molecule is CC(C)C[C@@H](NC(=O)[C@@H](CO)NC(=O)[C@@H](N)C(C)C)C(=O)N[C@H](CCCCN=C(N)N)C(=O)N[C@H](C(=O)N1C[C@H](OS(=O)(=O)[O-])C[C@H]1C(=O)N[C@@H](CCNC(=O)c1ccc(O)cc1)C(=O)O)C(C)C.[Na+]. The van der Waals surface area contributed by atoms with E-state index in [1.807, 2.05) is 0 Å². The first kappa shape index (κ1) is 62.9. The van der Waals surface area contributed by atoms with Gasteiger partial charge in [-0.2, -0.15) is 0 Å². The summed E-state index contributed by atoms with van der Waals surface area (Å²) < 4.78 is 39.5. The predicted octanol–water partition coefficient (Wildman–Crippen LogP) is -6.41. The summed E-state index contributed by atoms with van der Waals surface area (Å²) in [5.41, 5.74) is 16.9. The zero-order valence-electron chi connectivity index (χ0n) is 40.5. The number of amides is 7. The normalized spacial score (nSPS) is 17.2. The van der Waals surface area contributed by atoms with Gasteiger partial charge in [-0.3, -0.25) is 42.7 Å². The number of carboxylic acids is 1. The van der Waals surface area contributed by atoms with Crippen LogP contribution in [0.25, 0.3) is 0 Å². The van der Waals surface area contributed by atoms with Crippen LogP contribution in [0.1, 0.15) is 90.4 Å². The third kappa shape index (κ3) is 21.5. The van der Waals surface area contributed by atoms with Crippen LogP contribution in [0.3, 0.4) is 0 Å². The first-order valence-electron chi connectivity index (χ1n) is 22.3. The molecule has 0 radical (unpaired) electrons. The molecule has 8 atom stereocenters. The van der Waals surface area contributed by atoms with Crippen molar-refractivity contribution in [1.82, 2.24) is 36.8 Å². The number of phenolic OH excluding ortho intramolecular Hbond substituents is 1. The molecule has 0 aliphatic carbocycles. The number of aliphatic hydroxyl groups excluding tert-OH is 1. The number of nitrogens with two attached hydrogens (primary N) is 3. The Bertz CT molecular complexity index is 2090. The fourth-order valence-electron chi connectivity index (χ4n) is 6.99. The summed E-state index contributed by atoms with van der Waals surface area (Å²) in [6.45, 7) is 8.29. The fraction of sp³-hybridized carbons (Fsp3) is 0.643. The summed E-state index contributed by atoms with van der Waals surface area (Å²) in [6.07, 6.45) is -2.02. The van der Waals surface area contributed by atoms with E-state index in [0.717, 1.165) is 4.90 Å². The van der Waals surface area contributed by atoms with Crippen molar-refractivity contribution in [3.05, 3.63) is 29.8 Å². The van der Waals surface area contributed by atoms with Crippen molar-refractivity contribution in [2.24, 2.45) is 39.9 Å². The van der Waals surface area contributed by atoms with E-state index in [4.69, 9.17) is 17.2 Å². The van der Waals surface area contributed by atoms with Crippen LogP contribution < -0.4 is 78.7 Å². The standard InChI is InChI=1S/C42H69N11O15S.Na/c1-21(2)17-29(50-37(59)30(20-54)51-39(61)32(43)22(3)4)36(58)48-27(9-7-8-15-47-42(44)45)35(57)52-33(23(5)6)40(62)53-19-26(68-69(65,66)67)18-31(53)38(60)49-28(41(63)64)14-16-46-34(56)24-10-12-25(55)13-11-24;/h10-13,21-23,26-33,54-55H,7-9,14-20,43H2,1-6H3,(H,46,56)(H,48,58)(H,49,60)(H,50,59)(H,51,61)(H,52,57)(H,63,64)(H4,44,45,47)(H,65,66,67);/q;+1/p-1/t26-,27-,28+,29-,30-,31+,32+,33+;/m1./s1. The van der Waals surface area contributed by atoms with Gasteiger partial charge in [0.15, 0.2) is 5.96 Å². The number of nitrogens with one attached hydrogen (secondary N) is 6. The molecule has 26 nitrogen and oxygen atoms in total. The van der Waals surface area contributed by atoms with Gasteiger partial charge >= 0.3 is 35.5 Å². The first-order chi connectivity index (χ1) is 32.1. The molecule has 0 bridgehead atoms. The summed E-state index contributed by atoms with van der Waals surface area (Å²) in [4.78, 5) is 112. The van der Waals surface area contributed by atoms with Crippen LogP contribution in [0.2, 0.25) is 0 Å². The van der Waals surface area contributed by atoms with Crippen LogP contribution in [0.4, 0.5) is 0 Å². The minimum atomic E-state index is -5.39. The number of nitrogens with zero attached hydrogens (tertiary/aromatic N) is 2. The number of likely N-dealkylation sites (tertiary alicyclic amines) is 1. The number of benzene rings is 1. The number of aliphatic hydroxyl groups is 1. The quantitative estimate of drug-likeness (QED) is 0.00927. The Balaban J connectivity index is 0.0000245. The molecule has 7 amide bonds. The number of aromatic hydroxyl groups is 1. The average molecular weight is 1020 g/mol. The molecule has 15 N–H and O–H groups in total. The van der Waals surface area contributed by atoms with Crippen molar-refractivity contribution in [3.63, 3.8) is 0 Å². The number of rotatable bonds is 28. The number of hydrogen-bond donors (Lipinski definition) is 12. The van der Waals surface area contributed by atoms with Gasteiger partial charge < -0.3 is 73.9 Å². The molecule has 388 valence electrons. The Morgan fingerprint density at radius 2 is 1.39 bits per heavy atom. The summed E-state index contributed by atoms with van der Waals surface area (Å²) in [5, 5.41) is 44.2. The minimum absolute atomic E-state index is 0. The molecule has 1 aliphatic rings. The largest absolute Gasteiger partial charge is 1.00 e. The van der Waals surface area contributed by atoms with E-state index in [9.17, 15) is 66.6 Å². The second kappa shape index (κ2) is 29.9. The number of phenols is 1. The zero-order chi connectivity index (χ0) is 52.3. The second-order valence-corrected chi connectivity index (χ2v) is 18.7. The number of carbonyl (C=O) groups excluding carboxylic acids is 7. The molecule has 0 unspecified atom stereocenters. The topological polar surface area (TPSA) is 430 Å². The Labute approximate surface area is 429 Å². The number of unbranched alkanes of at least 4 members (excludes halogenated alkanes) is 1. The van der Waals surface area contributed by atoms with E-state index < -0.39 is 132 Å². The number of guanidine groups is 1. The van der Waals surface area contributed by atoms with Crippen LogP contribution in [0.15, 0.2) is 29.3 Å². The third-order valence-corrected chi connectivity index (χ3v) is 11.3. The van der Waals surface area contributed by atoms with Crippen molar-refractivity contribution >= 4 is 63.7 Å². The van der Waals surface area contributed by atoms with Crippen molar-refractivity contribution in [2.75, 3.05) is 26.2 Å². The van der Waals surface area contributed by atoms with Crippen molar-refractivity contribution in [2.45, 2.75) is 128 Å². The Hall–Kier alpha value is -5.16. The number of hydrogen-bond acceptors (Lipinski definition) is 16. The smallest absolute Gasteiger partial charge is 0.726 e. The molecule has 1 fully saturated rings. The first-order valence-corrected chi connectivity index (χ1v) is 23.7. The fourth-order valence-corrected chi connectivity index (χ4v) is 7.46. The summed E-state index contributed by atoms with van der Waals surface area (Å²) in [5.74, 6) is -9.19. The molecule has 70 heavy (non-hydrogen) atoms. The van der Waals surface area contributed by atoms with Gasteiger partial charge in [0.05, 0.1) is 18.8 Å². The molecule has 1 aliphatic heterocycles. The van der Waals surface area contributed by atoms with Crippen LogP contribution in [-0.4, -0.2) is 161 Å². The van der Waals surface area contributed by atoms with Crippen LogP contribution in [0, 0.1) is 17.8 Å². The molecular formula is C42H68N11NaO15S. The minimum Gasteiger partial charge on any atom is -0.726 e. The van der Waals surface area contributed by atoms with Gasteiger partial charge in [0.1, 0.15) is 42.0 Å². The van der Waals surface area contributed by atoms with E-state index in [0.29, 0.717) is 6.42 Å². The number of aliphatic carboxylic acids is 1. The van der Waals surface area contributed by atoms with Crippen LogP contribution >= 0.6 is 0 Å². The van der Waals surface area contributed by atoms with E-state index >= 15 is 0 Å². The van der Waals surface area contributed by atoms with Gasteiger partial charge in [0.25, 0.3) is 5.91 Å². The number of aliphatic imine (C=N–C) groups is 1. The monoisotopic (exact) mass is 1020 g/mol. The predicted molar refractivity (Wildman–Crippen MR) is 246 cm³/mol. The molecule has 2 rings (SSSR count). The van der Waals surface area contributed by atoms with E-state index in [2.05, 4.69) is 41.1 Å². The maximum Gasteiger partial charge on any atom is 1.00 e. The molecule has 0 saturated carbocycles. The van der Waals surface area contributed by atoms with Gasteiger partial charge in [0, 0.05) is 31.6 Å². The summed E-state index contributed by atoms with van der Waals surface area (Å²) in [7, 11) is -5.39. The van der Waals surface area contributed by atoms with E-state index in [-0.39, 0.29) is 97.4 Å². The molecule has 1 aromatic carbocycles. The van der Waals surface area contributed by atoms with E-state index in [1.165, 1.54) is 38.1 Å². The Kier molecular flexibility index (Phi) is 26.8. The molecule has 1 heterocycles. The van der Waals surface area contributed by atoms with Gasteiger partial charge in [-0.1, -0.05) is 41.5 Å². The van der Waals surface area contributed by atoms with Gasteiger partial charge in [0.2, 0.25) is 45.8 Å². The van der Waals surface area contributed by atoms with Gasteiger partial charge in [-0.15, -0.1) is 0 Å². The maximum atomic E-state index is 14.4. The van der Waals surface area contributed by atoms with Gasteiger partial charge in [-0.05, 0) is 74.1 Å². The molecule has 1 aromatic rings. The van der Waals surface area contributed by atoms with E-state index in [1.54, 1.807) is 27.7 Å². The Morgan fingerprint density at radius 1 is 0.814 bits per heavy atom. The van der Waals surface area contributed by atoms with Crippen LogP contribution in [0.5, 0.6) is 5.75 Å². The van der Waals surface area contributed by atoms with Crippen LogP contribution in [-0.2, 0) is 48.1 Å². The average Bonchev–Trinajstić information content (AvgIpc) is 3.67. The molecule has 1 saturated heterocycles. The van der Waals surface area contributed by atoms with Gasteiger partial charge in [-0.25, -0.2) is 13.2 Å². The molecular weight excluding hydrogens is 954 g/mol. The summed E-state index contributed by atoms with van der Waals surface area (Å²) >= 11 is 0. The summed E-state index contributed by atoms with van der Waals surface area (Å²) in [6, 6.07) is -4.83. The number of carboxylic acid groups (broad SMARTS) is 1. The maximum absolute atomic E-state index is 14.4. The van der Waals surface area contributed by atoms with Crippen molar-refractivity contribution < 1.29 is 100 Å². The third-order valence-electron chi connectivity index (χ3n) is 10.8.